The minimum atomic E-state index is -0.251. The van der Waals surface area contributed by atoms with Crippen LogP contribution in [0, 0.1) is 0 Å². The van der Waals surface area contributed by atoms with Crippen LogP contribution >= 0.6 is 11.8 Å². The molecule has 0 aliphatic rings. The molecule has 0 amide bonds. The Labute approximate surface area is 101 Å². The Balaban J connectivity index is 2.53. The number of carbonyl (C=O) groups is 1. The van der Waals surface area contributed by atoms with Crippen LogP contribution in [-0.2, 0) is 4.79 Å². The fraction of sp³-hybridized carbons (Fsp3) is 0.500. The fourth-order valence-corrected chi connectivity index (χ4v) is 2.38. The van der Waals surface area contributed by atoms with E-state index in [1.54, 1.807) is 36.2 Å². The molecule has 0 aliphatic heterocycles. The third-order valence-electron chi connectivity index (χ3n) is 1.71. The maximum Gasteiger partial charge on any atom is 0.325 e. The van der Waals surface area contributed by atoms with Crippen LogP contribution in [0.4, 0.5) is 0 Å². The highest BCUT2D eigenvalue weighted by Crippen LogP contribution is 2.28. The lowest BCUT2D eigenvalue weighted by Crippen LogP contribution is -2.25. The quantitative estimate of drug-likeness (QED) is 0.760. The average Bonchev–Trinajstić information content (AvgIpc) is 2.16. The second-order valence-corrected chi connectivity index (χ2v) is 6.63. The van der Waals surface area contributed by atoms with Crippen molar-refractivity contribution >= 4 is 17.7 Å². The van der Waals surface area contributed by atoms with Crippen molar-refractivity contribution in [3.63, 3.8) is 0 Å². The molecule has 0 aromatic carbocycles. The molecule has 0 saturated carbocycles. The van der Waals surface area contributed by atoms with E-state index in [1.807, 2.05) is 6.92 Å². The number of aromatic nitrogens is 1. The molecule has 0 bridgehead atoms. The normalized spacial score (nSPS) is 13.2. The van der Waals surface area contributed by atoms with Gasteiger partial charge in [0.2, 0.25) is 5.88 Å². The number of rotatable bonds is 3. The number of thioether (sulfide) groups is 1. The molecule has 0 spiro atoms. The molecule has 16 heavy (non-hydrogen) atoms. The van der Waals surface area contributed by atoms with Crippen molar-refractivity contribution in [2.24, 2.45) is 0 Å². The Hall–Kier alpha value is -1.03. The van der Waals surface area contributed by atoms with Gasteiger partial charge in [0.25, 0.3) is 0 Å². The Kier molecular flexibility index (Phi) is 4.35. The summed E-state index contributed by atoms with van der Waals surface area (Å²) in [5.41, 5.74) is 0. The number of hydrogen-bond donors (Lipinski definition) is 0. The van der Waals surface area contributed by atoms with Crippen molar-refractivity contribution in [1.82, 2.24) is 4.98 Å². The van der Waals surface area contributed by atoms with Crippen LogP contribution in [0.15, 0.2) is 24.4 Å². The van der Waals surface area contributed by atoms with E-state index < -0.39 is 0 Å². The summed E-state index contributed by atoms with van der Waals surface area (Å²) in [5.74, 6) is 0.104. The highest BCUT2D eigenvalue weighted by Gasteiger charge is 2.23. The lowest BCUT2D eigenvalue weighted by Gasteiger charge is -2.21. The second kappa shape index (κ2) is 5.34. The molecule has 88 valence electrons. The smallest absolute Gasteiger partial charge is 0.325 e. The summed E-state index contributed by atoms with van der Waals surface area (Å²) in [7, 11) is 0. The van der Waals surface area contributed by atoms with Gasteiger partial charge in [0.05, 0.1) is 0 Å². The molecule has 4 heteroatoms. The summed E-state index contributed by atoms with van der Waals surface area (Å²) in [5, 5.41) is -0.193. The van der Waals surface area contributed by atoms with Gasteiger partial charge in [-0.15, -0.1) is 11.8 Å². The van der Waals surface area contributed by atoms with E-state index in [1.165, 1.54) is 0 Å². The van der Waals surface area contributed by atoms with Crippen molar-refractivity contribution in [3.05, 3.63) is 24.4 Å². The fourth-order valence-electron chi connectivity index (χ4n) is 1.17. The van der Waals surface area contributed by atoms with Crippen molar-refractivity contribution in [2.45, 2.75) is 37.7 Å². The van der Waals surface area contributed by atoms with E-state index in [9.17, 15) is 4.79 Å². The lowest BCUT2D eigenvalue weighted by molar-refractivity contribution is -0.133. The molecule has 1 aromatic rings. The zero-order valence-electron chi connectivity index (χ0n) is 10.1. The largest absolute Gasteiger partial charge is 0.407 e. The molecule has 1 heterocycles. The van der Waals surface area contributed by atoms with Gasteiger partial charge in [-0.05, 0) is 13.0 Å². The summed E-state index contributed by atoms with van der Waals surface area (Å²) >= 11 is 1.58. The van der Waals surface area contributed by atoms with E-state index in [-0.39, 0.29) is 16.0 Å². The molecule has 0 radical (unpaired) electrons. The van der Waals surface area contributed by atoms with E-state index in [2.05, 4.69) is 25.8 Å². The second-order valence-electron chi connectivity index (χ2n) is 4.46. The third kappa shape index (κ3) is 4.66. The monoisotopic (exact) mass is 239 g/mol. The first-order valence-electron chi connectivity index (χ1n) is 5.19. The Morgan fingerprint density at radius 3 is 2.62 bits per heavy atom. The molecule has 1 aromatic heterocycles. The summed E-state index contributed by atoms with van der Waals surface area (Å²) in [6, 6.07) is 5.24. The van der Waals surface area contributed by atoms with Gasteiger partial charge in [0, 0.05) is 17.0 Å². The number of pyridine rings is 1. The molecular formula is C12H17NO2S. The lowest BCUT2D eigenvalue weighted by atomic mass is 10.3. The predicted octanol–water partition coefficient (Wildman–Crippen LogP) is 2.91. The summed E-state index contributed by atoms with van der Waals surface area (Å²) in [6.07, 6.45) is 1.60. The standard InChI is InChI=1S/C12H17NO2S/c1-9(16-12(2,3)4)11(14)15-10-7-5-6-8-13-10/h5-9H,1-4H3. The number of hydrogen-bond acceptors (Lipinski definition) is 4. The van der Waals surface area contributed by atoms with Gasteiger partial charge in [-0.1, -0.05) is 26.8 Å². The first-order valence-corrected chi connectivity index (χ1v) is 6.07. The minimum absolute atomic E-state index is 0.0442. The van der Waals surface area contributed by atoms with Crippen LogP contribution in [0.2, 0.25) is 0 Å². The van der Waals surface area contributed by atoms with Gasteiger partial charge in [0.1, 0.15) is 5.25 Å². The SMILES string of the molecule is CC(SC(C)(C)C)C(=O)Oc1ccccn1. The van der Waals surface area contributed by atoms with E-state index in [0.717, 1.165) is 0 Å². The van der Waals surface area contributed by atoms with Crippen molar-refractivity contribution in [1.29, 1.82) is 0 Å². The Morgan fingerprint density at radius 2 is 2.12 bits per heavy atom. The van der Waals surface area contributed by atoms with Crippen LogP contribution in [0.25, 0.3) is 0 Å². The van der Waals surface area contributed by atoms with Gasteiger partial charge in [0.15, 0.2) is 0 Å². The van der Waals surface area contributed by atoms with Crippen LogP contribution < -0.4 is 4.74 Å². The highest BCUT2D eigenvalue weighted by molar-refractivity contribution is 8.01. The van der Waals surface area contributed by atoms with E-state index in [4.69, 9.17) is 4.74 Å². The van der Waals surface area contributed by atoms with Gasteiger partial charge < -0.3 is 4.74 Å². The van der Waals surface area contributed by atoms with Gasteiger partial charge in [-0.3, -0.25) is 4.79 Å². The summed E-state index contributed by atoms with van der Waals surface area (Å²) in [4.78, 5) is 15.7. The van der Waals surface area contributed by atoms with Gasteiger partial charge in [-0.2, -0.15) is 0 Å². The zero-order chi connectivity index (χ0) is 12.2. The molecule has 0 aliphatic carbocycles. The molecule has 1 atom stereocenters. The molecule has 0 saturated heterocycles. The minimum Gasteiger partial charge on any atom is -0.407 e. The van der Waals surface area contributed by atoms with Gasteiger partial charge in [-0.25, -0.2) is 4.98 Å². The van der Waals surface area contributed by atoms with E-state index >= 15 is 0 Å². The summed E-state index contributed by atoms with van der Waals surface area (Å²) in [6.45, 7) is 8.06. The number of ether oxygens (including phenoxy) is 1. The molecule has 0 fully saturated rings. The van der Waals surface area contributed by atoms with Crippen LogP contribution in [0.1, 0.15) is 27.7 Å². The van der Waals surface area contributed by atoms with Crippen LogP contribution in [0.5, 0.6) is 5.88 Å². The third-order valence-corrected chi connectivity index (χ3v) is 2.96. The van der Waals surface area contributed by atoms with Crippen LogP contribution in [-0.4, -0.2) is 21.0 Å². The van der Waals surface area contributed by atoms with Crippen molar-refractivity contribution in [2.75, 3.05) is 0 Å². The number of nitrogens with zero attached hydrogens (tertiary/aromatic N) is 1. The summed E-state index contributed by atoms with van der Waals surface area (Å²) < 4.78 is 5.20. The van der Waals surface area contributed by atoms with Gasteiger partial charge >= 0.3 is 5.97 Å². The molecule has 3 nitrogen and oxygen atoms in total. The maximum atomic E-state index is 11.7. The number of esters is 1. The molecule has 1 unspecified atom stereocenters. The average molecular weight is 239 g/mol. The first-order chi connectivity index (χ1) is 7.38. The molecule has 1 rings (SSSR count). The van der Waals surface area contributed by atoms with Crippen molar-refractivity contribution in [3.8, 4) is 5.88 Å². The molecule has 0 N–H and O–H groups in total. The zero-order valence-corrected chi connectivity index (χ0v) is 10.9. The first kappa shape index (κ1) is 13.0. The molecular weight excluding hydrogens is 222 g/mol. The highest BCUT2D eigenvalue weighted by atomic mass is 32.2. The van der Waals surface area contributed by atoms with E-state index in [0.29, 0.717) is 5.88 Å². The van der Waals surface area contributed by atoms with Crippen LogP contribution in [0.3, 0.4) is 0 Å². The topological polar surface area (TPSA) is 39.2 Å². The Bertz CT molecular complexity index is 346. The van der Waals surface area contributed by atoms with Crippen molar-refractivity contribution < 1.29 is 9.53 Å². The number of carbonyl (C=O) groups excluding carboxylic acids is 1. The maximum absolute atomic E-state index is 11.7. The Morgan fingerprint density at radius 1 is 1.44 bits per heavy atom. The predicted molar refractivity (Wildman–Crippen MR) is 66.7 cm³/mol.